The number of hydrogen-bond donors (Lipinski definition) is 1. The molecule has 4 nitrogen and oxygen atoms in total. The SMILES string of the molecule is CC(CNc1ccc(C(=O)N(C)C)cn1)c1ccc(C(F)(F)F)cc1. The Morgan fingerprint density at radius 1 is 1.16 bits per heavy atom. The van der Waals surface area contributed by atoms with Crippen LogP contribution in [-0.2, 0) is 6.18 Å². The molecular formula is C18H20F3N3O. The molecular weight excluding hydrogens is 331 g/mol. The maximum absolute atomic E-state index is 12.6. The lowest BCUT2D eigenvalue weighted by Crippen LogP contribution is -2.21. The topological polar surface area (TPSA) is 45.2 Å². The molecule has 2 rings (SSSR count). The second-order valence-corrected chi connectivity index (χ2v) is 6.03. The van der Waals surface area contributed by atoms with Crippen LogP contribution in [0.1, 0.15) is 34.3 Å². The van der Waals surface area contributed by atoms with Gasteiger partial charge in [0.1, 0.15) is 5.82 Å². The van der Waals surface area contributed by atoms with Gasteiger partial charge in [-0.2, -0.15) is 13.2 Å². The number of halogens is 3. The summed E-state index contributed by atoms with van der Waals surface area (Å²) in [6.45, 7) is 2.43. The number of nitrogens with one attached hydrogen (secondary N) is 1. The maximum atomic E-state index is 12.6. The van der Waals surface area contributed by atoms with Crippen molar-refractivity contribution in [2.24, 2.45) is 0 Å². The Kier molecular flexibility index (Phi) is 5.66. The monoisotopic (exact) mass is 351 g/mol. The highest BCUT2D eigenvalue weighted by Crippen LogP contribution is 2.30. The van der Waals surface area contributed by atoms with Gasteiger partial charge in [0, 0.05) is 26.8 Å². The molecule has 0 aliphatic carbocycles. The number of aromatic nitrogens is 1. The third-order valence-electron chi connectivity index (χ3n) is 3.81. The summed E-state index contributed by atoms with van der Waals surface area (Å²) in [6.07, 6.45) is -2.83. The van der Waals surface area contributed by atoms with Gasteiger partial charge in [0.25, 0.3) is 5.91 Å². The fourth-order valence-corrected chi connectivity index (χ4v) is 2.26. The van der Waals surface area contributed by atoms with Gasteiger partial charge in [-0.25, -0.2) is 4.98 Å². The first-order valence-electron chi connectivity index (χ1n) is 7.77. The molecule has 0 aliphatic rings. The van der Waals surface area contributed by atoms with Gasteiger partial charge >= 0.3 is 6.18 Å². The lowest BCUT2D eigenvalue weighted by molar-refractivity contribution is -0.137. The summed E-state index contributed by atoms with van der Waals surface area (Å²) >= 11 is 0. The van der Waals surface area contributed by atoms with Crippen LogP contribution >= 0.6 is 0 Å². The summed E-state index contributed by atoms with van der Waals surface area (Å²) in [5.74, 6) is 0.485. The number of alkyl halides is 3. The normalized spacial score (nSPS) is 12.6. The van der Waals surface area contributed by atoms with Gasteiger partial charge < -0.3 is 10.2 Å². The number of hydrogen-bond acceptors (Lipinski definition) is 3. The minimum absolute atomic E-state index is 0.00664. The van der Waals surface area contributed by atoms with Crippen LogP contribution in [0.15, 0.2) is 42.6 Å². The lowest BCUT2D eigenvalue weighted by Gasteiger charge is -2.15. The number of benzene rings is 1. The van der Waals surface area contributed by atoms with Crippen molar-refractivity contribution in [1.29, 1.82) is 0 Å². The molecule has 25 heavy (non-hydrogen) atoms. The minimum Gasteiger partial charge on any atom is -0.369 e. The Morgan fingerprint density at radius 3 is 2.28 bits per heavy atom. The third-order valence-corrected chi connectivity index (χ3v) is 3.81. The summed E-state index contributed by atoms with van der Waals surface area (Å²) < 4.78 is 37.7. The minimum atomic E-state index is -4.32. The standard InChI is InChI=1S/C18H20F3N3O/c1-12(13-4-7-15(8-5-13)18(19,20)21)10-22-16-9-6-14(11-23-16)17(25)24(2)3/h4-9,11-12H,10H2,1-3H3,(H,22,23). The average molecular weight is 351 g/mol. The highest BCUT2D eigenvalue weighted by atomic mass is 19.4. The van der Waals surface area contributed by atoms with E-state index in [-0.39, 0.29) is 11.8 Å². The zero-order valence-electron chi connectivity index (χ0n) is 14.3. The molecule has 1 unspecified atom stereocenters. The predicted molar refractivity (Wildman–Crippen MR) is 90.6 cm³/mol. The van der Waals surface area contributed by atoms with Crippen LogP contribution in [0.5, 0.6) is 0 Å². The number of carbonyl (C=O) groups excluding carboxylic acids is 1. The molecule has 0 saturated carbocycles. The van der Waals surface area contributed by atoms with E-state index in [2.05, 4.69) is 10.3 Å². The van der Waals surface area contributed by atoms with E-state index >= 15 is 0 Å². The van der Waals surface area contributed by atoms with E-state index in [1.807, 2.05) is 6.92 Å². The van der Waals surface area contributed by atoms with Crippen molar-refractivity contribution in [2.75, 3.05) is 26.0 Å². The van der Waals surface area contributed by atoms with E-state index in [9.17, 15) is 18.0 Å². The van der Waals surface area contributed by atoms with Gasteiger partial charge in [-0.3, -0.25) is 4.79 Å². The molecule has 1 atom stereocenters. The largest absolute Gasteiger partial charge is 0.416 e. The van der Waals surface area contributed by atoms with Crippen LogP contribution in [0.4, 0.5) is 19.0 Å². The molecule has 134 valence electrons. The molecule has 1 aromatic carbocycles. The molecule has 0 bridgehead atoms. The lowest BCUT2D eigenvalue weighted by atomic mass is 9.99. The van der Waals surface area contributed by atoms with Crippen molar-refractivity contribution in [2.45, 2.75) is 19.0 Å². The van der Waals surface area contributed by atoms with E-state index < -0.39 is 11.7 Å². The van der Waals surface area contributed by atoms with Crippen molar-refractivity contribution < 1.29 is 18.0 Å². The Bertz CT molecular complexity index is 710. The van der Waals surface area contributed by atoms with Crippen LogP contribution in [0, 0.1) is 0 Å². The van der Waals surface area contributed by atoms with Crippen molar-refractivity contribution in [3.63, 3.8) is 0 Å². The summed E-state index contributed by atoms with van der Waals surface area (Å²) in [6, 6.07) is 8.54. The first-order chi connectivity index (χ1) is 11.7. The zero-order valence-corrected chi connectivity index (χ0v) is 14.3. The molecule has 7 heteroatoms. The zero-order chi connectivity index (χ0) is 18.6. The van der Waals surface area contributed by atoms with Crippen molar-refractivity contribution in [3.05, 3.63) is 59.3 Å². The number of carbonyl (C=O) groups is 1. The van der Waals surface area contributed by atoms with Gasteiger partial charge in [-0.1, -0.05) is 19.1 Å². The van der Waals surface area contributed by atoms with Crippen LogP contribution < -0.4 is 5.32 Å². The molecule has 0 spiro atoms. The third kappa shape index (κ3) is 4.95. The second-order valence-electron chi connectivity index (χ2n) is 6.03. The van der Waals surface area contributed by atoms with Crippen molar-refractivity contribution in [1.82, 2.24) is 9.88 Å². The highest BCUT2D eigenvalue weighted by molar-refractivity contribution is 5.93. The molecule has 1 heterocycles. The Hall–Kier alpha value is -2.57. The maximum Gasteiger partial charge on any atom is 0.416 e. The highest BCUT2D eigenvalue weighted by Gasteiger charge is 2.30. The number of pyridine rings is 1. The van der Waals surface area contributed by atoms with Crippen LogP contribution in [-0.4, -0.2) is 36.4 Å². The molecule has 1 amide bonds. The molecule has 0 radical (unpaired) electrons. The summed E-state index contributed by atoms with van der Waals surface area (Å²) in [7, 11) is 3.33. The molecule has 2 aromatic rings. The Labute approximate surface area is 144 Å². The molecule has 1 aromatic heterocycles. The van der Waals surface area contributed by atoms with Gasteiger partial charge in [0.05, 0.1) is 11.1 Å². The smallest absolute Gasteiger partial charge is 0.369 e. The molecule has 0 saturated heterocycles. The van der Waals surface area contributed by atoms with E-state index in [1.165, 1.54) is 23.2 Å². The van der Waals surface area contributed by atoms with Crippen molar-refractivity contribution in [3.8, 4) is 0 Å². The molecule has 1 N–H and O–H groups in total. The van der Waals surface area contributed by atoms with E-state index in [0.717, 1.165) is 17.7 Å². The van der Waals surface area contributed by atoms with E-state index in [4.69, 9.17) is 0 Å². The summed E-state index contributed by atoms with van der Waals surface area (Å²) in [5.41, 5.74) is 0.644. The van der Waals surface area contributed by atoms with E-state index in [1.54, 1.807) is 26.2 Å². The number of nitrogens with zero attached hydrogens (tertiary/aromatic N) is 2. The molecule has 0 fully saturated rings. The fraction of sp³-hybridized carbons (Fsp3) is 0.333. The summed E-state index contributed by atoms with van der Waals surface area (Å²) in [4.78, 5) is 17.4. The number of anilines is 1. The van der Waals surface area contributed by atoms with Crippen LogP contribution in [0.2, 0.25) is 0 Å². The van der Waals surface area contributed by atoms with Gasteiger partial charge in [-0.05, 0) is 35.7 Å². The fourth-order valence-electron chi connectivity index (χ4n) is 2.26. The van der Waals surface area contributed by atoms with Gasteiger partial charge in [0.15, 0.2) is 0 Å². The first-order valence-corrected chi connectivity index (χ1v) is 7.77. The average Bonchev–Trinajstić information content (AvgIpc) is 2.58. The Morgan fingerprint density at radius 2 is 1.80 bits per heavy atom. The second kappa shape index (κ2) is 7.55. The van der Waals surface area contributed by atoms with Crippen LogP contribution in [0.25, 0.3) is 0 Å². The number of rotatable bonds is 5. The Balaban J connectivity index is 1.95. The van der Waals surface area contributed by atoms with Gasteiger partial charge in [-0.15, -0.1) is 0 Å². The van der Waals surface area contributed by atoms with Crippen LogP contribution in [0.3, 0.4) is 0 Å². The van der Waals surface area contributed by atoms with Crippen molar-refractivity contribution >= 4 is 11.7 Å². The predicted octanol–water partition coefficient (Wildman–Crippen LogP) is 4.02. The first kappa shape index (κ1) is 18.8. The van der Waals surface area contributed by atoms with Gasteiger partial charge in [0.2, 0.25) is 0 Å². The number of amides is 1. The molecule has 0 aliphatic heterocycles. The van der Waals surface area contributed by atoms with E-state index in [0.29, 0.717) is 17.9 Å². The quantitative estimate of drug-likeness (QED) is 0.885. The summed E-state index contributed by atoms with van der Waals surface area (Å²) in [5, 5.41) is 3.12.